The number of carbonyl (C=O) groups is 6. The van der Waals surface area contributed by atoms with Crippen molar-refractivity contribution in [2.24, 2.45) is 0 Å². The normalized spacial score (nSPS) is 26.4. The molecular formula is C41H48N8O7. The highest BCUT2D eigenvalue weighted by molar-refractivity contribution is 6.00. The van der Waals surface area contributed by atoms with E-state index in [0.29, 0.717) is 56.1 Å². The molecule has 2 aromatic carbocycles. The molecule has 0 bridgehead atoms. The number of hydrogen-bond donors (Lipinski definition) is 6. The van der Waals surface area contributed by atoms with E-state index < -0.39 is 77.8 Å². The Labute approximate surface area is 324 Å². The largest absolute Gasteiger partial charge is 0.394 e. The fourth-order valence-electron chi connectivity index (χ4n) is 8.77. The van der Waals surface area contributed by atoms with Crippen LogP contribution in [0.25, 0.3) is 10.9 Å². The number of nitriles is 1. The molecule has 3 aliphatic heterocycles. The Kier molecular flexibility index (Phi) is 11.4. The van der Waals surface area contributed by atoms with Crippen LogP contribution in [0.1, 0.15) is 74.5 Å². The number of piperidine rings is 1. The van der Waals surface area contributed by atoms with E-state index in [1.54, 1.807) is 30.5 Å². The lowest BCUT2D eigenvalue weighted by molar-refractivity contribution is -0.151. The molecule has 6 N–H and O–H groups in total. The molecule has 3 saturated heterocycles. The Balaban J connectivity index is 1.27. The van der Waals surface area contributed by atoms with E-state index in [2.05, 4.69) is 32.3 Å². The van der Waals surface area contributed by atoms with Crippen LogP contribution in [0.3, 0.4) is 0 Å². The van der Waals surface area contributed by atoms with Crippen LogP contribution in [0.15, 0.2) is 54.7 Å². The van der Waals surface area contributed by atoms with Gasteiger partial charge < -0.3 is 41.2 Å². The Morgan fingerprint density at radius 1 is 0.714 bits per heavy atom. The predicted molar refractivity (Wildman–Crippen MR) is 203 cm³/mol. The van der Waals surface area contributed by atoms with Crippen LogP contribution >= 0.6 is 0 Å². The second-order valence-corrected chi connectivity index (χ2v) is 15.4. The van der Waals surface area contributed by atoms with E-state index in [-0.39, 0.29) is 38.8 Å². The van der Waals surface area contributed by atoms with Crippen molar-refractivity contribution in [1.29, 1.82) is 5.26 Å². The maximum absolute atomic E-state index is 14.5. The third-order valence-corrected chi connectivity index (χ3v) is 11.8. The van der Waals surface area contributed by atoms with Crippen molar-refractivity contribution in [3.05, 3.63) is 71.4 Å². The molecule has 4 fully saturated rings. The number of para-hydroxylation sites is 1. The Morgan fingerprint density at radius 2 is 1.39 bits per heavy atom. The molecule has 5 atom stereocenters. The lowest BCUT2D eigenvalue weighted by Crippen LogP contribution is -2.66. The molecule has 4 heterocycles. The van der Waals surface area contributed by atoms with Gasteiger partial charge in [0.25, 0.3) is 0 Å². The second-order valence-electron chi connectivity index (χ2n) is 15.4. The van der Waals surface area contributed by atoms with Crippen LogP contribution in [-0.2, 0) is 41.6 Å². The van der Waals surface area contributed by atoms with Gasteiger partial charge in [0.05, 0.1) is 18.2 Å². The molecule has 294 valence electrons. The van der Waals surface area contributed by atoms with Gasteiger partial charge in [0.2, 0.25) is 35.4 Å². The van der Waals surface area contributed by atoms with Gasteiger partial charge in [0.15, 0.2) is 0 Å². The minimum atomic E-state index is -1.42. The number of nitrogens with zero attached hydrogens (tertiary/aromatic N) is 3. The monoisotopic (exact) mass is 764 g/mol. The van der Waals surface area contributed by atoms with E-state index in [1.165, 1.54) is 9.80 Å². The van der Waals surface area contributed by atoms with Crippen molar-refractivity contribution >= 4 is 46.3 Å². The first kappa shape index (κ1) is 38.5. The highest BCUT2D eigenvalue weighted by atomic mass is 16.3. The number of fused-ring (bicyclic) bond motifs is 3. The average Bonchev–Trinajstić information content (AvgIpc) is 4.00. The summed E-state index contributed by atoms with van der Waals surface area (Å²) in [7, 11) is 0. The van der Waals surface area contributed by atoms with Crippen LogP contribution in [-0.4, -0.2) is 111 Å². The number of benzene rings is 2. The molecule has 15 nitrogen and oxygen atoms in total. The number of hydrogen-bond acceptors (Lipinski definition) is 8. The third kappa shape index (κ3) is 7.84. The van der Waals surface area contributed by atoms with Gasteiger partial charge in [-0.15, -0.1) is 0 Å². The van der Waals surface area contributed by atoms with Crippen molar-refractivity contribution in [2.45, 2.75) is 106 Å². The van der Waals surface area contributed by atoms with Gasteiger partial charge in [-0.2, -0.15) is 5.26 Å². The van der Waals surface area contributed by atoms with Gasteiger partial charge in [0.1, 0.15) is 35.7 Å². The van der Waals surface area contributed by atoms with Crippen molar-refractivity contribution in [1.82, 2.24) is 36.1 Å². The molecule has 4 aliphatic rings. The van der Waals surface area contributed by atoms with Crippen LogP contribution < -0.4 is 21.3 Å². The van der Waals surface area contributed by atoms with Gasteiger partial charge in [-0.3, -0.25) is 28.8 Å². The molecule has 1 spiro atoms. The van der Waals surface area contributed by atoms with Crippen LogP contribution in [0, 0.1) is 11.3 Å². The van der Waals surface area contributed by atoms with Crippen LogP contribution in [0.2, 0.25) is 0 Å². The molecule has 1 aliphatic carbocycles. The molecule has 7 rings (SSSR count). The number of aliphatic hydroxyl groups excluding tert-OH is 1. The zero-order valence-electron chi connectivity index (χ0n) is 31.2. The fourth-order valence-corrected chi connectivity index (χ4v) is 8.77. The number of H-pyrrole nitrogens is 1. The first-order valence-corrected chi connectivity index (χ1v) is 19.6. The first-order valence-electron chi connectivity index (χ1n) is 19.6. The average molecular weight is 765 g/mol. The Bertz CT molecular complexity index is 2030. The molecule has 1 saturated carbocycles. The summed E-state index contributed by atoms with van der Waals surface area (Å²) < 4.78 is 0. The summed E-state index contributed by atoms with van der Waals surface area (Å²) in [5.41, 5.74) is 1.24. The van der Waals surface area contributed by atoms with Gasteiger partial charge in [0, 0.05) is 43.0 Å². The number of aliphatic hydroxyl groups is 1. The lowest BCUT2D eigenvalue weighted by Gasteiger charge is -2.39. The predicted octanol–water partition coefficient (Wildman–Crippen LogP) is 1.09. The quantitative estimate of drug-likeness (QED) is 0.221. The molecular weight excluding hydrogens is 716 g/mol. The topological polar surface area (TPSA) is 217 Å². The summed E-state index contributed by atoms with van der Waals surface area (Å²) in [6, 6.07) is 10.6. The summed E-state index contributed by atoms with van der Waals surface area (Å²) in [6.07, 6.45) is 6.14. The summed E-state index contributed by atoms with van der Waals surface area (Å²) in [6.45, 7) is -0.247. The summed E-state index contributed by atoms with van der Waals surface area (Å²) in [4.78, 5) is 91.8. The molecule has 15 heteroatoms. The number of nitrogens with one attached hydrogen (secondary N) is 5. The molecule has 6 amide bonds. The summed E-state index contributed by atoms with van der Waals surface area (Å²) >= 11 is 0. The second kappa shape index (κ2) is 16.5. The number of carbonyl (C=O) groups excluding carboxylic acids is 6. The van der Waals surface area contributed by atoms with Crippen molar-refractivity contribution < 1.29 is 33.9 Å². The SMILES string of the molecule is N#Cc1ccc(C[C@@H]2NC(=O)[C@H]3CCCCN3C(=O)[C@H]3CCCN3C(=O)[C@H](CO)NC(=O)[C@H](Cc3c[nH]c4ccccc34)NC(=O)C3(CCCC3)NC2=O)cc1. The maximum atomic E-state index is 14.5. The minimum Gasteiger partial charge on any atom is -0.394 e. The van der Waals surface area contributed by atoms with Gasteiger partial charge in [-0.25, -0.2) is 0 Å². The van der Waals surface area contributed by atoms with Crippen LogP contribution in [0.4, 0.5) is 0 Å². The summed E-state index contributed by atoms with van der Waals surface area (Å²) in [5, 5.41) is 32.1. The van der Waals surface area contributed by atoms with Crippen LogP contribution in [0.5, 0.6) is 0 Å². The minimum absolute atomic E-state index is 0.0243. The van der Waals surface area contributed by atoms with Gasteiger partial charge in [-0.1, -0.05) is 43.2 Å². The first-order chi connectivity index (χ1) is 27.1. The standard InChI is InChI=1S/C41H48N8O7/c42-22-26-14-12-25(13-15-26)20-30-36(52)47-41(16-4-5-17-41)40(56)46-31(21-27-23-43-29-9-2-1-8-28(27)29)35(51)45-32(24-50)38(54)49-19-7-11-34(49)39(55)48-18-6-3-10-33(48)37(53)44-30/h1-2,8-9,12-15,23,30-34,43,50H,3-7,10-11,16-21,24H2,(H,44,53)(H,45,51)(H,46,56)(H,47,52)/t30-,31-,32-,33+,34+/m0/s1. The van der Waals surface area contributed by atoms with Crippen molar-refractivity contribution in [3.8, 4) is 6.07 Å². The third-order valence-electron chi connectivity index (χ3n) is 11.8. The molecule has 0 radical (unpaired) electrons. The van der Waals surface area contributed by atoms with E-state index in [9.17, 15) is 39.1 Å². The van der Waals surface area contributed by atoms with Gasteiger partial charge in [-0.05, 0) is 74.3 Å². The van der Waals surface area contributed by atoms with Gasteiger partial charge >= 0.3 is 0 Å². The Morgan fingerprint density at radius 3 is 2.14 bits per heavy atom. The lowest BCUT2D eigenvalue weighted by atomic mass is 9.93. The number of aromatic amines is 1. The smallest absolute Gasteiger partial charge is 0.248 e. The van der Waals surface area contributed by atoms with E-state index in [0.717, 1.165) is 16.5 Å². The van der Waals surface area contributed by atoms with E-state index >= 15 is 0 Å². The Hall–Kier alpha value is -5.75. The number of amides is 6. The van der Waals surface area contributed by atoms with Crippen molar-refractivity contribution in [3.63, 3.8) is 0 Å². The zero-order chi connectivity index (χ0) is 39.4. The molecule has 56 heavy (non-hydrogen) atoms. The summed E-state index contributed by atoms with van der Waals surface area (Å²) in [5.74, 6) is -3.44. The molecule has 1 aromatic heterocycles. The van der Waals surface area contributed by atoms with Crippen molar-refractivity contribution in [2.75, 3.05) is 19.7 Å². The fraction of sp³-hybridized carbons (Fsp3) is 0.488. The molecule has 3 aromatic rings. The molecule has 0 unspecified atom stereocenters. The highest BCUT2D eigenvalue weighted by Crippen LogP contribution is 2.31. The zero-order valence-corrected chi connectivity index (χ0v) is 31.2. The van der Waals surface area contributed by atoms with E-state index in [1.807, 2.05) is 24.3 Å². The highest BCUT2D eigenvalue weighted by Gasteiger charge is 2.47. The number of rotatable bonds is 5. The maximum Gasteiger partial charge on any atom is 0.248 e. The number of aromatic nitrogens is 1. The van der Waals surface area contributed by atoms with E-state index in [4.69, 9.17) is 0 Å².